The van der Waals surface area contributed by atoms with Crippen LogP contribution in [0.4, 0.5) is 10.1 Å². The zero-order chi connectivity index (χ0) is 22.9. The summed E-state index contributed by atoms with van der Waals surface area (Å²) >= 11 is 9.18. The lowest BCUT2D eigenvalue weighted by molar-refractivity contribution is 0.414. The van der Waals surface area contributed by atoms with E-state index in [-0.39, 0.29) is 17.9 Å². The van der Waals surface area contributed by atoms with E-state index in [2.05, 4.69) is 26.2 Å². The molecule has 1 N–H and O–H groups in total. The van der Waals surface area contributed by atoms with Crippen LogP contribution in [-0.2, 0) is 0 Å². The van der Waals surface area contributed by atoms with E-state index >= 15 is 0 Å². The third-order valence-corrected chi connectivity index (χ3v) is 6.52. The number of aromatic nitrogens is 1. The van der Waals surface area contributed by atoms with E-state index in [4.69, 9.17) is 21.4 Å². The zero-order valence-corrected chi connectivity index (χ0v) is 19.9. The number of nitrogens with one attached hydrogen (secondary N) is 1. The van der Waals surface area contributed by atoms with Crippen LogP contribution in [-0.4, -0.2) is 17.2 Å². The molecule has 4 aromatic rings. The van der Waals surface area contributed by atoms with Crippen LogP contribution in [0.25, 0.3) is 11.3 Å². The van der Waals surface area contributed by atoms with Crippen LogP contribution in [0.2, 0.25) is 0 Å². The number of hydrogen-bond donors (Lipinski definition) is 1. The number of rotatable bonds is 5. The molecule has 3 heterocycles. The van der Waals surface area contributed by atoms with E-state index in [1.165, 1.54) is 12.1 Å². The first-order valence-electron chi connectivity index (χ1n) is 10.2. The summed E-state index contributed by atoms with van der Waals surface area (Å²) in [5, 5.41) is 3.97. The van der Waals surface area contributed by atoms with Gasteiger partial charge in [-0.3, -0.25) is 4.98 Å². The first-order chi connectivity index (χ1) is 16.0. The Balaban J connectivity index is 1.61. The van der Waals surface area contributed by atoms with Gasteiger partial charge in [-0.1, -0.05) is 12.1 Å². The number of furan rings is 1. The molecule has 166 valence electrons. The van der Waals surface area contributed by atoms with Gasteiger partial charge in [-0.2, -0.15) is 0 Å². The van der Waals surface area contributed by atoms with Crippen LogP contribution >= 0.6 is 28.1 Å². The van der Waals surface area contributed by atoms with Crippen molar-refractivity contribution in [2.45, 2.75) is 12.1 Å². The summed E-state index contributed by atoms with van der Waals surface area (Å²) in [5.74, 6) is 1.74. The number of halogens is 2. The highest BCUT2D eigenvalue weighted by atomic mass is 79.9. The van der Waals surface area contributed by atoms with Crippen LogP contribution in [0.15, 0.2) is 87.9 Å². The van der Waals surface area contributed by atoms with E-state index in [9.17, 15) is 4.39 Å². The van der Waals surface area contributed by atoms with Gasteiger partial charge in [0.1, 0.15) is 29.1 Å². The summed E-state index contributed by atoms with van der Waals surface area (Å²) in [6.45, 7) is 0. The molecule has 2 aromatic heterocycles. The summed E-state index contributed by atoms with van der Waals surface area (Å²) in [6, 6.07) is 21.3. The topological polar surface area (TPSA) is 50.5 Å². The van der Waals surface area contributed by atoms with Crippen molar-refractivity contribution in [2.75, 3.05) is 12.0 Å². The predicted octanol–water partition coefficient (Wildman–Crippen LogP) is 6.43. The Labute approximate surface area is 204 Å². The molecular formula is C25H19BrFN3O2S. The Bertz CT molecular complexity index is 1310. The van der Waals surface area contributed by atoms with Crippen molar-refractivity contribution in [3.05, 3.63) is 101 Å². The Morgan fingerprint density at radius 3 is 2.73 bits per heavy atom. The van der Waals surface area contributed by atoms with Crippen LogP contribution in [0.1, 0.15) is 23.5 Å². The third kappa shape index (κ3) is 4.12. The van der Waals surface area contributed by atoms with Gasteiger partial charge in [-0.25, -0.2) is 4.39 Å². The SMILES string of the molecule is COc1cccc(N2C(=S)NC(c3ccccn3)C2c2ccc(-c3ccc(F)cc3Br)o2)c1. The smallest absolute Gasteiger partial charge is 0.174 e. The maximum Gasteiger partial charge on any atom is 0.174 e. The van der Waals surface area contributed by atoms with Crippen LogP contribution in [0, 0.1) is 5.82 Å². The van der Waals surface area contributed by atoms with E-state index < -0.39 is 0 Å². The minimum absolute atomic E-state index is 0.236. The lowest BCUT2D eigenvalue weighted by atomic mass is 10.0. The Hall–Kier alpha value is -3.23. The predicted molar refractivity (Wildman–Crippen MR) is 133 cm³/mol. The molecule has 1 saturated heterocycles. The highest BCUT2D eigenvalue weighted by Crippen LogP contribution is 2.44. The van der Waals surface area contributed by atoms with E-state index in [0.717, 1.165) is 22.7 Å². The van der Waals surface area contributed by atoms with E-state index in [1.54, 1.807) is 19.4 Å². The summed E-state index contributed by atoms with van der Waals surface area (Å²) in [7, 11) is 1.63. The number of methoxy groups -OCH3 is 1. The molecule has 1 aliphatic rings. The molecule has 8 heteroatoms. The van der Waals surface area contributed by atoms with Crippen molar-refractivity contribution >= 4 is 38.9 Å². The quantitative estimate of drug-likeness (QED) is 0.304. The van der Waals surface area contributed by atoms with Gasteiger partial charge >= 0.3 is 0 Å². The molecule has 0 saturated carbocycles. The second-order valence-electron chi connectivity index (χ2n) is 7.52. The fourth-order valence-corrected chi connectivity index (χ4v) is 4.92. The highest BCUT2D eigenvalue weighted by molar-refractivity contribution is 9.10. The standard InChI is InChI=1S/C25H19BrFN3O2S/c1-31-17-6-4-5-16(14-17)30-24(23(29-25(30)33)20-7-2-3-12-28-20)22-11-10-21(32-22)18-9-8-15(27)13-19(18)26/h2-14,23-24H,1H3,(H,29,33). The molecule has 33 heavy (non-hydrogen) atoms. The van der Waals surface area contributed by atoms with Gasteiger partial charge in [0, 0.05) is 28.0 Å². The molecule has 0 amide bonds. The molecule has 1 fully saturated rings. The number of anilines is 1. The molecule has 5 rings (SSSR count). The van der Waals surface area contributed by atoms with Crippen molar-refractivity contribution in [1.82, 2.24) is 10.3 Å². The normalized spacial score (nSPS) is 17.8. The molecule has 0 aliphatic carbocycles. The molecule has 0 bridgehead atoms. The fraction of sp³-hybridized carbons (Fsp3) is 0.120. The van der Waals surface area contributed by atoms with Crippen molar-refractivity contribution in [2.24, 2.45) is 0 Å². The summed E-state index contributed by atoms with van der Waals surface area (Å²) < 4.78 is 26.0. The van der Waals surface area contributed by atoms with Crippen LogP contribution in [0.5, 0.6) is 5.75 Å². The molecule has 1 aliphatic heterocycles. The molecular weight excluding hydrogens is 505 g/mol. The lowest BCUT2D eigenvalue weighted by Gasteiger charge is -2.26. The van der Waals surface area contributed by atoms with Crippen molar-refractivity contribution in [3.8, 4) is 17.1 Å². The highest BCUT2D eigenvalue weighted by Gasteiger charge is 2.42. The minimum Gasteiger partial charge on any atom is -0.497 e. The Morgan fingerprint density at radius 1 is 1.09 bits per heavy atom. The van der Waals surface area contributed by atoms with E-state index in [0.29, 0.717) is 21.1 Å². The minimum atomic E-state index is -0.317. The second-order valence-corrected chi connectivity index (χ2v) is 8.77. The zero-order valence-electron chi connectivity index (χ0n) is 17.5. The van der Waals surface area contributed by atoms with Gasteiger partial charge < -0.3 is 19.4 Å². The van der Waals surface area contributed by atoms with Gasteiger partial charge in [0.25, 0.3) is 0 Å². The fourth-order valence-electron chi connectivity index (χ4n) is 4.03. The molecule has 0 radical (unpaired) electrons. The largest absolute Gasteiger partial charge is 0.497 e. The lowest BCUT2D eigenvalue weighted by Crippen LogP contribution is -2.29. The summed E-state index contributed by atoms with van der Waals surface area (Å²) in [5.41, 5.74) is 2.48. The summed E-state index contributed by atoms with van der Waals surface area (Å²) in [4.78, 5) is 6.57. The van der Waals surface area contributed by atoms with Crippen molar-refractivity contribution < 1.29 is 13.5 Å². The average Bonchev–Trinajstić information content (AvgIpc) is 3.44. The molecule has 0 spiro atoms. The van der Waals surface area contributed by atoms with Crippen molar-refractivity contribution in [3.63, 3.8) is 0 Å². The second kappa shape index (κ2) is 8.96. The van der Waals surface area contributed by atoms with Gasteiger partial charge in [0.2, 0.25) is 0 Å². The first-order valence-corrected chi connectivity index (χ1v) is 11.4. The van der Waals surface area contributed by atoms with Crippen molar-refractivity contribution in [1.29, 1.82) is 0 Å². The number of hydrogen-bond acceptors (Lipinski definition) is 4. The number of pyridine rings is 1. The maximum absolute atomic E-state index is 13.6. The number of thiocarbonyl (C=S) groups is 1. The number of benzene rings is 2. The monoisotopic (exact) mass is 523 g/mol. The van der Waals surface area contributed by atoms with Crippen LogP contribution < -0.4 is 15.0 Å². The van der Waals surface area contributed by atoms with Gasteiger partial charge in [0.15, 0.2) is 5.11 Å². The van der Waals surface area contributed by atoms with Crippen LogP contribution in [0.3, 0.4) is 0 Å². The van der Waals surface area contributed by atoms with Gasteiger partial charge in [0.05, 0.1) is 18.8 Å². The van der Waals surface area contributed by atoms with Gasteiger partial charge in [-0.15, -0.1) is 0 Å². The first kappa shape index (κ1) is 21.6. The molecule has 2 unspecified atom stereocenters. The third-order valence-electron chi connectivity index (χ3n) is 5.54. The molecule has 2 atom stereocenters. The molecule has 2 aromatic carbocycles. The number of ether oxygens (including phenoxy) is 1. The Morgan fingerprint density at radius 2 is 1.97 bits per heavy atom. The van der Waals surface area contributed by atoms with Gasteiger partial charge in [-0.05, 0) is 82.7 Å². The molecule has 5 nitrogen and oxygen atoms in total. The summed E-state index contributed by atoms with van der Waals surface area (Å²) in [6.07, 6.45) is 1.76. The average molecular weight is 524 g/mol. The number of nitrogens with zero attached hydrogens (tertiary/aromatic N) is 2. The Kier molecular flexibility index (Phi) is 5.86. The van der Waals surface area contributed by atoms with E-state index in [1.807, 2.05) is 59.5 Å². The maximum atomic E-state index is 13.6.